The van der Waals surface area contributed by atoms with Gasteiger partial charge >= 0.3 is 11.9 Å². The third-order valence-corrected chi connectivity index (χ3v) is 6.39. The molecular weight excluding hydrogens is 396 g/mol. The molecule has 2 rings (SSSR count). The smallest absolute Gasteiger partial charge is 0.307 e. The van der Waals surface area contributed by atoms with E-state index in [9.17, 15) is 27.6 Å². The Kier molecular flexibility index (Phi) is 6.44. The normalized spacial score (nSPS) is 22.9. The van der Waals surface area contributed by atoms with Gasteiger partial charge in [-0.1, -0.05) is 0 Å². The molecule has 0 N–H and O–H groups in total. The first-order valence-corrected chi connectivity index (χ1v) is 10.0. The minimum absolute atomic E-state index is 0.00993. The SMILES string of the molecule is COC(=O)CCN(C)C(=O)C1=C(COC(C)=O)CS(=O)(=O)[C@@H]2[C@@H](OC)C(=O)N12. The standard InChI is InChI=1S/C16H22N2O9S/c1-9(19)27-7-10-8-28(23,24)16-13(26-4)15(22)18(16)12(10)14(21)17(2)6-5-11(20)25-3/h13,16H,5-8H2,1-4H3/t13-,16+/m0/s1. The van der Waals surface area contributed by atoms with Crippen molar-refractivity contribution in [2.24, 2.45) is 0 Å². The number of esters is 2. The van der Waals surface area contributed by atoms with Gasteiger partial charge in [-0.2, -0.15) is 0 Å². The number of methoxy groups -OCH3 is 2. The summed E-state index contributed by atoms with van der Waals surface area (Å²) < 4.78 is 39.5. The molecule has 1 saturated heterocycles. The summed E-state index contributed by atoms with van der Waals surface area (Å²) in [6, 6.07) is 0. The van der Waals surface area contributed by atoms with Crippen LogP contribution in [-0.4, -0.2) is 93.6 Å². The lowest BCUT2D eigenvalue weighted by Gasteiger charge is -2.49. The minimum atomic E-state index is -3.85. The first-order chi connectivity index (χ1) is 13.0. The molecule has 0 aliphatic carbocycles. The van der Waals surface area contributed by atoms with Crippen molar-refractivity contribution >= 4 is 33.6 Å². The Morgan fingerprint density at radius 1 is 1.25 bits per heavy atom. The fraction of sp³-hybridized carbons (Fsp3) is 0.625. The highest BCUT2D eigenvalue weighted by Gasteiger charge is 2.60. The van der Waals surface area contributed by atoms with Crippen molar-refractivity contribution in [3.8, 4) is 0 Å². The summed E-state index contributed by atoms with van der Waals surface area (Å²) >= 11 is 0. The van der Waals surface area contributed by atoms with Gasteiger partial charge in [0.2, 0.25) is 0 Å². The van der Waals surface area contributed by atoms with Crippen molar-refractivity contribution in [1.29, 1.82) is 0 Å². The molecule has 2 aliphatic rings. The molecule has 11 nitrogen and oxygen atoms in total. The monoisotopic (exact) mass is 418 g/mol. The number of sulfone groups is 1. The van der Waals surface area contributed by atoms with Gasteiger partial charge in [-0.25, -0.2) is 8.42 Å². The van der Waals surface area contributed by atoms with Crippen LogP contribution in [0.15, 0.2) is 11.3 Å². The minimum Gasteiger partial charge on any atom is -0.469 e. The summed E-state index contributed by atoms with van der Waals surface area (Å²) in [5.41, 5.74) is -0.184. The summed E-state index contributed by atoms with van der Waals surface area (Å²) in [6.07, 6.45) is -1.29. The van der Waals surface area contributed by atoms with Gasteiger partial charge < -0.3 is 19.1 Å². The number of nitrogens with zero attached hydrogens (tertiary/aromatic N) is 2. The number of hydrogen-bond donors (Lipinski definition) is 0. The predicted molar refractivity (Wildman–Crippen MR) is 93.1 cm³/mol. The zero-order chi connectivity index (χ0) is 21.2. The van der Waals surface area contributed by atoms with Crippen molar-refractivity contribution in [1.82, 2.24) is 9.80 Å². The van der Waals surface area contributed by atoms with Crippen molar-refractivity contribution in [2.45, 2.75) is 24.8 Å². The summed E-state index contributed by atoms with van der Waals surface area (Å²) in [5, 5.41) is -1.32. The van der Waals surface area contributed by atoms with Crippen LogP contribution in [0.25, 0.3) is 0 Å². The molecule has 0 saturated carbocycles. The molecule has 0 aromatic rings. The second-order valence-electron chi connectivity index (χ2n) is 6.35. The molecule has 2 atom stereocenters. The van der Waals surface area contributed by atoms with Crippen LogP contribution >= 0.6 is 0 Å². The topological polar surface area (TPSA) is 137 Å². The molecule has 0 bridgehead atoms. The molecule has 156 valence electrons. The molecule has 1 fully saturated rings. The fourth-order valence-corrected chi connectivity index (χ4v) is 5.02. The number of carbonyl (C=O) groups is 4. The lowest BCUT2D eigenvalue weighted by molar-refractivity contribution is -0.161. The van der Waals surface area contributed by atoms with Crippen LogP contribution in [0.3, 0.4) is 0 Å². The highest BCUT2D eigenvalue weighted by Crippen LogP contribution is 2.38. The van der Waals surface area contributed by atoms with Crippen molar-refractivity contribution in [3.63, 3.8) is 0 Å². The van der Waals surface area contributed by atoms with E-state index in [1.807, 2.05) is 0 Å². The average Bonchev–Trinajstić information content (AvgIpc) is 2.63. The molecule has 28 heavy (non-hydrogen) atoms. The molecule has 0 radical (unpaired) electrons. The van der Waals surface area contributed by atoms with Crippen LogP contribution in [0.1, 0.15) is 13.3 Å². The van der Waals surface area contributed by atoms with E-state index in [4.69, 9.17) is 9.47 Å². The van der Waals surface area contributed by atoms with Gasteiger partial charge in [-0.05, 0) is 0 Å². The number of β-lactam (4-membered cyclic amide) rings is 1. The summed E-state index contributed by atoms with van der Waals surface area (Å²) in [4.78, 5) is 49.8. The maximum absolute atomic E-state index is 12.9. The Labute approximate surface area is 162 Å². The zero-order valence-electron chi connectivity index (χ0n) is 16.0. The van der Waals surface area contributed by atoms with E-state index < -0.39 is 57.4 Å². The number of amides is 2. The first-order valence-electron chi connectivity index (χ1n) is 8.30. The van der Waals surface area contributed by atoms with E-state index in [0.717, 1.165) is 11.8 Å². The second-order valence-corrected chi connectivity index (χ2v) is 8.44. The Balaban J connectivity index is 2.40. The Hall–Kier alpha value is -2.47. The highest BCUT2D eigenvalue weighted by molar-refractivity contribution is 7.92. The molecule has 2 amide bonds. The van der Waals surface area contributed by atoms with Gasteiger partial charge in [0, 0.05) is 33.2 Å². The van der Waals surface area contributed by atoms with E-state index in [-0.39, 0.29) is 24.2 Å². The Bertz CT molecular complexity index is 833. The summed E-state index contributed by atoms with van der Waals surface area (Å²) in [5.74, 6) is -3.10. The summed E-state index contributed by atoms with van der Waals surface area (Å²) in [6.45, 7) is 0.679. The molecule has 2 heterocycles. The van der Waals surface area contributed by atoms with Gasteiger partial charge in [-0.3, -0.25) is 24.1 Å². The van der Waals surface area contributed by atoms with E-state index in [1.165, 1.54) is 26.2 Å². The van der Waals surface area contributed by atoms with Gasteiger partial charge in [0.15, 0.2) is 21.3 Å². The van der Waals surface area contributed by atoms with E-state index in [0.29, 0.717) is 0 Å². The van der Waals surface area contributed by atoms with Gasteiger partial charge in [0.05, 0.1) is 19.3 Å². The lowest BCUT2D eigenvalue weighted by atomic mass is 10.0. The van der Waals surface area contributed by atoms with E-state index >= 15 is 0 Å². The van der Waals surface area contributed by atoms with Crippen LogP contribution in [-0.2, 0) is 43.2 Å². The van der Waals surface area contributed by atoms with Gasteiger partial charge in [0.1, 0.15) is 12.3 Å². The van der Waals surface area contributed by atoms with E-state index in [1.54, 1.807) is 0 Å². The van der Waals surface area contributed by atoms with Crippen LogP contribution in [0.5, 0.6) is 0 Å². The Morgan fingerprint density at radius 2 is 1.89 bits per heavy atom. The van der Waals surface area contributed by atoms with Crippen LogP contribution in [0.4, 0.5) is 0 Å². The van der Waals surface area contributed by atoms with E-state index in [2.05, 4.69) is 4.74 Å². The predicted octanol–water partition coefficient (Wildman–Crippen LogP) is -1.56. The zero-order valence-corrected chi connectivity index (χ0v) is 16.8. The fourth-order valence-electron chi connectivity index (χ4n) is 3.00. The van der Waals surface area contributed by atoms with Gasteiger partial charge in [-0.15, -0.1) is 0 Å². The van der Waals surface area contributed by atoms with Crippen molar-refractivity contribution in [3.05, 3.63) is 11.3 Å². The number of ether oxygens (including phenoxy) is 3. The van der Waals surface area contributed by atoms with Gasteiger partial charge in [0.25, 0.3) is 11.8 Å². The lowest BCUT2D eigenvalue weighted by Crippen LogP contribution is -2.71. The largest absolute Gasteiger partial charge is 0.469 e. The molecule has 2 aliphatic heterocycles. The summed E-state index contributed by atoms with van der Waals surface area (Å²) in [7, 11) is -0.0319. The third kappa shape index (κ3) is 4.02. The van der Waals surface area contributed by atoms with Crippen LogP contribution < -0.4 is 0 Å². The molecule has 0 unspecified atom stereocenters. The molecule has 12 heteroatoms. The highest BCUT2D eigenvalue weighted by atomic mass is 32.2. The number of likely N-dealkylation sites (N-methyl/N-ethyl adjacent to an activating group) is 1. The maximum atomic E-state index is 12.9. The number of hydrogen-bond acceptors (Lipinski definition) is 9. The first kappa shape index (κ1) is 21.8. The van der Waals surface area contributed by atoms with Crippen molar-refractivity contribution in [2.75, 3.05) is 40.2 Å². The molecule has 0 aromatic carbocycles. The third-order valence-electron chi connectivity index (χ3n) is 4.45. The number of rotatable bonds is 7. The number of fused-ring (bicyclic) bond motifs is 1. The van der Waals surface area contributed by atoms with Crippen LogP contribution in [0.2, 0.25) is 0 Å². The average molecular weight is 418 g/mol. The number of carbonyl (C=O) groups excluding carboxylic acids is 4. The van der Waals surface area contributed by atoms with Crippen LogP contribution in [0, 0.1) is 0 Å². The maximum Gasteiger partial charge on any atom is 0.307 e. The second kappa shape index (κ2) is 8.27. The molecule has 0 aromatic heterocycles. The Morgan fingerprint density at radius 3 is 2.43 bits per heavy atom. The molecular formula is C16H22N2O9S. The van der Waals surface area contributed by atoms with Crippen molar-refractivity contribution < 1.29 is 41.8 Å². The molecule has 0 spiro atoms. The quantitative estimate of drug-likeness (QED) is 0.355.